The van der Waals surface area contributed by atoms with Crippen molar-refractivity contribution in [2.45, 2.75) is 45.8 Å². The van der Waals surface area contributed by atoms with E-state index in [1.165, 1.54) is 0 Å². The van der Waals surface area contributed by atoms with Gasteiger partial charge in [0.15, 0.2) is 0 Å². The maximum absolute atomic E-state index is 11.8. The lowest BCUT2D eigenvalue weighted by Crippen LogP contribution is -2.43. The molecule has 0 aromatic heterocycles. The van der Waals surface area contributed by atoms with E-state index >= 15 is 0 Å². The van der Waals surface area contributed by atoms with Crippen LogP contribution in [0.1, 0.15) is 40.2 Å². The molecule has 0 unspecified atom stereocenters. The van der Waals surface area contributed by atoms with Crippen molar-refractivity contribution in [1.82, 2.24) is 5.32 Å². The molecule has 1 aromatic rings. The molecule has 0 bridgehead atoms. The van der Waals surface area contributed by atoms with E-state index in [1.54, 1.807) is 0 Å². The van der Waals surface area contributed by atoms with E-state index in [2.05, 4.69) is 21.2 Å². The van der Waals surface area contributed by atoms with Crippen LogP contribution in [-0.4, -0.2) is 11.7 Å². The molecule has 0 atom stereocenters. The molecule has 0 saturated carbocycles. The van der Waals surface area contributed by atoms with Gasteiger partial charge < -0.3 is 10.1 Å². The highest BCUT2D eigenvalue weighted by atomic mass is 79.9. The van der Waals surface area contributed by atoms with E-state index in [0.717, 1.165) is 10.0 Å². The Morgan fingerprint density at radius 3 is 2.32 bits per heavy atom. The lowest BCUT2D eigenvalue weighted by atomic mass is 9.95. The fourth-order valence-corrected chi connectivity index (χ4v) is 1.94. The number of carbonyl (C=O) groups excluding carboxylic acids is 1. The number of hydrogen-bond donors (Lipinski definition) is 1. The molecule has 19 heavy (non-hydrogen) atoms. The normalized spacial score (nSPS) is 12.2. The fraction of sp³-hybridized carbons (Fsp3) is 0.500. The van der Waals surface area contributed by atoms with E-state index in [0.29, 0.717) is 5.02 Å². The fourth-order valence-electron chi connectivity index (χ4n) is 1.52. The van der Waals surface area contributed by atoms with Crippen LogP contribution in [0.2, 0.25) is 5.02 Å². The van der Waals surface area contributed by atoms with E-state index in [1.807, 2.05) is 52.8 Å². The molecule has 0 heterocycles. The predicted molar refractivity (Wildman–Crippen MR) is 81.5 cm³/mol. The molecule has 5 heteroatoms. The zero-order chi connectivity index (χ0) is 14.8. The summed E-state index contributed by atoms with van der Waals surface area (Å²) < 4.78 is 6.08. The van der Waals surface area contributed by atoms with Crippen LogP contribution in [0.25, 0.3) is 0 Å². The standard InChI is InChI=1S/C14H19BrClNO2/c1-13(2,3)19-12(18)17-14(4,5)9-6-7-10(15)11(16)8-9/h6-8H,1-5H3,(H,17,18). The lowest BCUT2D eigenvalue weighted by Gasteiger charge is -2.29. The molecular weight excluding hydrogens is 330 g/mol. The quantitative estimate of drug-likeness (QED) is 0.828. The summed E-state index contributed by atoms with van der Waals surface area (Å²) in [5.41, 5.74) is -0.170. The van der Waals surface area contributed by atoms with Crippen LogP contribution >= 0.6 is 27.5 Å². The Hall–Kier alpha value is -0.740. The van der Waals surface area contributed by atoms with Crippen molar-refractivity contribution in [3.05, 3.63) is 33.3 Å². The minimum atomic E-state index is -0.563. The largest absolute Gasteiger partial charge is 0.444 e. The molecule has 0 spiro atoms. The van der Waals surface area contributed by atoms with Crippen LogP contribution in [0, 0.1) is 0 Å². The molecule has 0 aliphatic heterocycles. The Bertz CT molecular complexity index is 481. The van der Waals surface area contributed by atoms with Gasteiger partial charge in [0, 0.05) is 4.47 Å². The molecule has 1 amide bonds. The maximum Gasteiger partial charge on any atom is 0.408 e. The third kappa shape index (κ3) is 5.03. The first-order chi connectivity index (χ1) is 8.51. The topological polar surface area (TPSA) is 38.3 Å². The van der Waals surface area contributed by atoms with Crippen LogP contribution < -0.4 is 5.32 Å². The number of rotatable bonds is 2. The summed E-state index contributed by atoms with van der Waals surface area (Å²) >= 11 is 9.41. The average Bonchev–Trinajstić information content (AvgIpc) is 2.17. The van der Waals surface area contributed by atoms with E-state index < -0.39 is 17.2 Å². The number of halogens is 2. The van der Waals surface area contributed by atoms with Gasteiger partial charge in [-0.05, 0) is 68.2 Å². The third-order valence-corrected chi connectivity index (χ3v) is 3.69. The molecule has 0 saturated heterocycles. The number of alkyl carbamates (subject to hydrolysis) is 1. The predicted octanol–water partition coefficient (Wildman–Crippen LogP) is 4.86. The molecule has 106 valence electrons. The molecule has 0 aliphatic rings. The Labute approximate surface area is 127 Å². The minimum Gasteiger partial charge on any atom is -0.444 e. The lowest BCUT2D eigenvalue weighted by molar-refractivity contribution is 0.0470. The molecule has 0 radical (unpaired) electrons. The summed E-state index contributed by atoms with van der Waals surface area (Å²) in [6, 6.07) is 5.59. The number of hydrogen-bond acceptors (Lipinski definition) is 2. The molecular formula is C14H19BrClNO2. The molecule has 0 fully saturated rings. The summed E-state index contributed by atoms with van der Waals surface area (Å²) in [4.78, 5) is 11.8. The van der Waals surface area contributed by atoms with Crippen LogP contribution in [0.5, 0.6) is 0 Å². The van der Waals surface area contributed by atoms with Gasteiger partial charge in [0.1, 0.15) is 5.60 Å². The van der Waals surface area contributed by atoms with E-state index in [-0.39, 0.29) is 0 Å². The molecule has 1 rings (SSSR count). The first-order valence-electron chi connectivity index (χ1n) is 5.98. The second kappa shape index (κ2) is 5.71. The maximum atomic E-state index is 11.8. The Morgan fingerprint density at radius 2 is 1.84 bits per heavy atom. The van der Waals surface area contributed by atoms with Crippen LogP contribution in [-0.2, 0) is 10.3 Å². The van der Waals surface area contributed by atoms with Gasteiger partial charge in [-0.1, -0.05) is 17.7 Å². The van der Waals surface area contributed by atoms with Crippen LogP contribution in [0.4, 0.5) is 4.79 Å². The van der Waals surface area contributed by atoms with Crippen molar-refractivity contribution >= 4 is 33.6 Å². The van der Waals surface area contributed by atoms with Crippen LogP contribution in [0.3, 0.4) is 0 Å². The van der Waals surface area contributed by atoms with Crippen molar-refractivity contribution in [1.29, 1.82) is 0 Å². The van der Waals surface area contributed by atoms with Crippen molar-refractivity contribution in [3.8, 4) is 0 Å². The second-order valence-corrected chi connectivity index (χ2v) is 7.14. The molecule has 0 aliphatic carbocycles. The van der Waals surface area contributed by atoms with Gasteiger partial charge in [-0.25, -0.2) is 4.79 Å². The Kier molecular flexibility index (Phi) is 4.91. The van der Waals surface area contributed by atoms with Gasteiger partial charge in [0.25, 0.3) is 0 Å². The van der Waals surface area contributed by atoms with Gasteiger partial charge in [0.05, 0.1) is 10.6 Å². The highest BCUT2D eigenvalue weighted by molar-refractivity contribution is 9.10. The first-order valence-corrected chi connectivity index (χ1v) is 7.15. The highest BCUT2D eigenvalue weighted by Gasteiger charge is 2.26. The number of nitrogens with one attached hydrogen (secondary N) is 1. The number of ether oxygens (including phenoxy) is 1. The van der Waals surface area contributed by atoms with Gasteiger partial charge in [-0.2, -0.15) is 0 Å². The zero-order valence-electron chi connectivity index (χ0n) is 11.8. The first kappa shape index (κ1) is 16.3. The molecule has 1 aromatic carbocycles. The number of carbonyl (C=O) groups is 1. The molecule has 3 nitrogen and oxygen atoms in total. The zero-order valence-corrected chi connectivity index (χ0v) is 14.1. The minimum absolute atomic E-state index is 0.448. The van der Waals surface area contributed by atoms with Gasteiger partial charge in [-0.3, -0.25) is 0 Å². The van der Waals surface area contributed by atoms with Crippen molar-refractivity contribution in [2.75, 3.05) is 0 Å². The van der Waals surface area contributed by atoms with E-state index in [9.17, 15) is 4.79 Å². The van der Waals surface area contributed by atoms with Gasteiger partial charge >= 0.3 is 6.09 Å². The summed E-state index contributed by atoms with van der Waals surface area (Å²) in [5.74, 6) is 0. The number of amides is 1. The summed E-state index contributed by atoms with van der Waals surface area (Å²) in [7, 11) is 0. The average molecular weight is 349 g/mol. The second-order valence-electron chi connectivity index (χ2n) is 5.88. The number of benzene rings is 1. The summed E-state index contributed by atoms with van der Waals surface area (Å²) in [5, 5.41) is 3.45. The summed E-state index contributed by atoms with van der Waals surface area (Å²) in [6.45, 7) is 9.29. The Morgan fingerprint density at radius 1 is 1.26 bits per heavy atom. The van der Waals surface area contributed by atoms with Crippen molar-refractivity contribution in [3.63, 3.8) is 0 Å². The van der Waals surface area contributed by atoms with Crippen LogP contribution in [0.15, 0.2) is 22.7 Å². The van der Waals surface area contributed by atoms with E-state index in [4.69, 9.17) is 16.3 Å². The molecule has 1 N–H and O–H groups in total. The summed E-state index contributed by atoms with van der Waals surface area (Å²) in [6.07, 6.45) is -0.448. The SMILES string of the molecule is CC(C)(C)OC(=O)NC(C)(C)c1ccc(Br)c(Cl)c1. The highest BCUT2D eigenvalue weighted by Crippen LogP contribution is 2.29. The van der Waals surface area contributed by atoms with Gasteiger partial charge in [0.2, 0.25) is 0 Å². The van der Waals surface area contributed by atoms with Crippen molar-refractivity contribution < 1.29 is 9.53 Å². The smallest absolute Gasteiger partial charge is 0.408 e. The Balaban J connectivity index is 2.86. The van der Waals surface area contributed by atoms with Gasteiger partial charge in [-0.15, -0.1) is 0 Å². The third-order valence-electron chi connectivity index (χ3n) is 2.45. The monoisotopic (exact) mass is 347 g/mol. The van der Waals surface area contributed by atoms with Crippen molar-refractivity contribution in [2.24, 2.45) is 0 Å².